The fourth-order valence-electron chi connectivity index (χ4n) is 4.61. The summed E-state index contributed by atoms with van der Waals surface area (Å²) in [6.45, 7) is 0.378. The van der Waals surface area contributed by atoms with E-state index in [4.69, 9.17) is 27.9 Å². The van der Waals surface area contributed by atoms with Gasteiger partial charge in [0.25, 0.3) is 0 Å². The second-order valence-electron chi connectivity index (χ2n) is 9.27. The van der Waals surface area contributed by atoms with Crippen molar-refractivity contribution in [3.63, 3.8) is 0 Å². The highest BCUT2D eigenvalue weighted by Gasteiger charge is 2.39. The van der Waals surface area contributed by atoms with E-state index in [1.165, 1.54) is 41.6 Å². The molecule has 2 amide bonds. The lowest BCUT2D eigenvalue weighted by Gasteiger charge is -2.24. The van der Waals surface area contributed by atoms with Gasteiger partial charge in [0.1, 0.15) is 42.6 Å². The Kier molecular flexibility index (Phi) is 8.09. The van der Waals surface area contributed by atoms with E-state index < -0.39 is 6.04 Å². The van der Waals surface area contributed by atoms with Gasteiger partial charge < -0.3 is 15.0 Å². The van der Waals surface area contributed by atoms with Crippen molar-refractivity contribution < 1.29 is 18.7 Å². The highest BCUT2D eigenvalue weighted by atomic mass is 35.5. The number of anilines is 1. The second kappa shape index (κ2) is 11.8. The van der Waals surface area contributed by atoms with Crippen LogP contribution >= 0.6 is 23.2 Å². The van der Waals surface area contributed by atoms with E-state index in [2.05, 4.69) is 15.4 Å². The molecule has 200 valence electrons. The van der Waals surface area contributed by atoms with Gasteiger partial charge >= 0.3 is 0 Å². The van der Waals surface area contributed by atoms with Crippen LogP contribution in [0.1, 0.15) is 12.0 Å². The normalized spacial score (nSPS) is 16.7. The Hall–Kier alpha value is -3.95. The quantitative estimate of drug-likeness (QED) is 0.298. The molecule has 1 aliphatic rings. The van der Waals surface area contributed by atoms with E-state index in [9.17, 15) is 14.0 Å². The monoisotopic (exact) mass is 567 g/mol. The average molecular weight is 568 g/mol. The van der Waals surface area contributed by atoms with Crippen LogP contribution in [-0.2, 0) is 22.6 Å². The molecule has 1 fully saturated rings. The summed E-state index contributed by atoms with van der Waals surface area (Å²) in [5.74, 6) is 0.176. The zero-order valence-corrected chi connectivity index (χ0v) is 22.1. The van der Waals surface area contributed by atoms with Crippen molar-refractivity contribution in [2.75, 3.05) is 11.9 Å². The SMILES string of the molecule is O=C(Nc1ccc(Oc2ccc(F)cc2)cc1)[C@H]1C[C@@H](Cc2ccc(Cl)cc2Cl)CN1C(=O)Cn1cncn1. The number of ether oxygens (including phenoxy) is 1. The molecule has 2 heterocycles. The molecule has 0 unspecified atom stereocenters. The van der Waals surface area contributed by atoms with Gasteiger partial charge in [-0.05, 0) is 85.0 Å². The number of rotatable bonds is 8. The molecule has 0 radical (unpaired) electrons. The van der Waals surface area contributed by atoms with Gasteiger partial charge in [0.15, 0.2) is 0 Å². The second-order valence-corrected chi connectivity index (χ2v) is 10.1. The van der Waals surface area contributed by atoms with Gasteiger partial charge in [0.2, 0.25) is 11.8 Å². The molecule has 0 bridgehead atoms. The summed E-state index contributed by atoms with van der Waals surface area (Å²) in [6, 6.07) is 17.2. The fourth-order valence-corrected chi connectivity index (χ4v) is 5.09. The van der Waals surface area contributed by atoms with Crippen molar-refractivity contribution in [1.29, 1.82) is 0 Å². The van der Waals surface area contributed by atoms with E-state index in [0.29, 0.717) is 46.6 Å². The average Bonchev–Trinajstić information content (AvgIpc) is 3.58. The summed E-state index contributed by atoms with van der Waals surface area (Å²) in [5, 5.41) is 8.03. The Morgan fingerprint density at radius 1 is 1.03 bits per heavy atom. The summed E-state index contributed by atoms with van der Waals surface area (Å²) in [4.78, 5) is 32.1. The zero-order chi connectivity index (χ0) is 27.4. The Balaban J connectivity index is 1.28. The molecule has 2 atom stereocenters. The minimum absolute atomic E-state index is 0.0191. The lowest BCUT2D eigenvalue weighted by Crippen LogP contribution is -2.44. The van der Waals surface area contributed by atoms with E-state index in [0.717, 1.165) is 5.56 Å². The van der Waals surface area contributed by atoms with Crippen molar-refractivity contribution >= 4 is 40.7 Å². The van der Waals surface area contributed by atoms with Crippen LogP contribution in [0.15, 0.2) is 79.4 Å². The van der Waals surface area contributed by atoms with Crippen LogP contribution in [0.4, 0.5) is 10.1 Å². The van der Waals surface area contributed by atoms with Gasteiger partial charge in [0, 0.05) is 22.3 Å². The number of carbonyl (C=O) groups is 2. The number of amides is 2. The van der Waals surface area contributed by atoms with E-state index in [-0.39, 0.29) is 30.1 Å². The number of aromatic nitrogens is 3. The first kappa shape index (κ1) is 26.6. The van der Waals surface area contributed by atoms with Gasteiger partial charge in [-0.1, -0.05) is 29.3 Å². The molecular formula is C28H24Cl2FN5O3. The Morgan fingerprint density at radius 2 is 1.74 bits per heavy atom. The third-order valence-corrected chi connectivity index (χ3v) is 7.06. The standard InChI is InChI=1S/C28H24Cl2FN5O3/c29-20-2-1-19(25(30)13-20)11-18-12-26(36(14-18)27(37)15-35-17-32-16-33-35)28(38)34-22-5-9-24(10-6-22)39-23-7-3-21(31)4-8-23/h1-10,13,16-18,26H,11-12,14-15H2,(H,34,38)/t18-,26-/m1/s1. The van der Waals surface area contributed by atoms with Crippen molar-refractivity contribution in [2.24, 2.45) is 5.92 Å². The Labute approximate surface area is 234 Å². The minimum Gasteiger partial charge on any atom is -0.457 e. The fraction of sp³-hybridized carbons (Fsp3) is 0.214. The summed E-state index contributed by atoms with van der Waals surface area (Å²) >= 11 is 12.4. The molecule has 11 heteroatoms. The van der Waals surface area contributed by atoms with E-state index in [1.54, 1.807) is 41.3 Å². The molecular weight excluding hydrogens is 544 g/mol. The summed E-state index contributed by atoms with van der Waals surface area (Å²) in [5.41, 5.74) is 1.46. The van der Waals surface area contributed by atoms with Gasteiger partial charge in [-0.15, -0.1) is 0 Å². The number of nitrogens with one attached hydrogen (secondary N) is 1. The van der Waals surface area contributed by atoms with Crippen LogP contribution in [0, 0.1) is 11.7 Å². The molecule has 39 heavy (non-hydrogen) atoms. The maximum atomic E-state index is 13.4. The molecule has 1 saturated heterocycles. The van der Waals surface area contributed by atoms with Gasteiger partial charge in [-0.25, -0.2) is 14.1 Å². The summed E-state index contributed by atoms with van der Waals surface area (Å²) in [7, 11) is 0. The topological polar surface area (TPSA) is 89.4 Å². The number of benzene rings is 3. The van der Waals surface area contributed by atoms with Crippen molar-refractivity contribution in [1.82, 2.24) is 19.7 Å². The van der Waals surface area contributed by atoms with Gasteiger partial charge in [-0.3, -0.25) is 9.59 Å². The predicted octanol–water partition coefficient (Wildman–Crippen LogP) is 5.61. The molecule has 1 N–H and O–H groups in total. The maximum absolute atomic E-state index is 13.4. The Bertz CT molecular complexity index is 1450. The van der Waals surface area contributed by atoms with Crippen molar-refractivity contribution in [3.8, 4) is 11.5 Å². The van der Waals surface area contributed by atoms with Crippen molar-refractivity contribution in [3.05, 3.63) is 101 Å². The van der Waals surface area contributed by atoms with Crippen LogP contribution in [0.3, 0.4) is 0 Å². The molecule has 0 saturated carbocycles. The first-order valence-electron chi connectivity index (χ1n) is 12.2. The van der Waals surface area contributed by atoms with Crippen LogP contribution in [-0.4, -0.2) is 44.1 Å². The summed E-state index contributed by atoms with van der Waals surface area (Å²) < 4.78 is 20.3. The van der Waals surface area contributed by atoms with Gasteiger partial charge in [-0.2, -0.15) is 5.10 Å². The largest absolute Gasteiger partial charge is 0.457 e. The molecule has 0 spiro atoms. The number of nitrogens with zero attached hydrogens (tertiary/aromatic N) is 4. The third-order valence-electron chi connectivity index (χ3n) is 6.47. The van der Waals surface area contributed by atoms with Crippen LogP contribution in [0.25, 0.3) is 0 Å². The predicted molar refractivity (Wildman–Crippen MR) is 145 cm³/mol. The van der Waals surface area contributed by atoms with Crippen LogP contribution in [0.2, 0.25) is 10.0 Å². The third kappa shape index (κ3) is 6.74. The molecule has 8 nitrogen and oxygen atoms in total. The molecule has 4 aromatic rings. The zero-order valence-electron chi connectivity index (χ0n) is 20.6. The molecule has 3 aromatic carbocycles. The summed E-state index contributed by atoms with van der Waals surface area (Å²) in [6.07, 6.45) is 3.89. The van der Waals surface area contributed by atoms with Gasteiger partial charge in [0.05, 0.1) is 0 Å². The number of halogens is 3. The smallest absolute Gasteiger partial charge is 0.247 e. The van der Waals surface area contributed by atoms with Crippen molar-refractivity contribution in [2.45, 2.75) is 25.4 Å². The van der Waals surface area contributed by atoms with E-state index in [1.807, 2.05) is 6.07 Å². The van der Waals surface area contributed by atoms with Crippen LogP contribution < -0.4 is 10.1 Å². The first-order chi connectivity index (χ1) is 18.8. The molecule has 1 aromatic heterocycles. The highest BCUT2D eigenvalue weighted by molar-refractivity contribution is 6.35. The molecule has 1 aliphatic heterocycles. The number of likely N-dealkylation sites (tertiary alicyclic amines) is 1. The first-order valence-corrected chi connectivity index (χ1v) is 13.0. The number of carbonyl (C=O) groups excluding carboxylic acids is 2. The van der Waals surface area contributed by atoms with Crippen LogP contribution in [0.5, 0.6) is 11.5 Å². The maximum Gasteiger partial charge on any atom is 0.247 e. The number of hydrogen-bond donors (Lipinski definition) is 1. The van der Waals surface area contributed by atoms with E-state index >= 15 is 0 Å². The minimum atomic E-state index is -0.674. The lowest BCUT2D eigenvalue weighted by molar-refractivity contribution is -0.137. The molecule has 0 aliphatic carbocycles. The molecule has 5 rings (SSSR count). The Morgan fingerprint density at radius 3 is 2.41 bits per heavy atom. The number of hydrogen-bond acceptors (Lipinski definition) is 5. The lowest BCUT2D eigenvalue weighted by atomic mass is 9.96. The highest BCUT2D eigenvalue weighted by Crippen LogP contribution is 2.31.